The maximum Gasteiger partial charge on any atom is 0.238 e. The molecule has 7 heteroatoms. The summed E-state index contributed by atoms with van der Waals surface area (Å²) in [6.07, 6.45) is 3.78. The molecule has 41 heavy (non-hydrogen) atoms. The molecule has 1 aromatic heterocycles. The first-order valence-corrected chi connectivity index (χ1v) is 14.2. The molecule has 2 amide bonds. The van der Waals surface area contributed by atoms with Crippen molar-refractivity contribution in [3.8, 4) is 5.75 Å². The molecule has 1 aliphatic carbocycles. The highest BCUT2D eigenvalue weighted by Crippen LogP contribution is 2.49. The SMILES string of the molecule is CC(C)C1=C([C@H](O)CC/C(=C/c2ccccc2O)c2ccccn2)[C@H](CO)[C@@H]2C(=O)N(c3ccccc3)C(=O)[C@@H]2C1. The lowest BCUT2D eigenvalue weighted by Crippen LogP contribution is -2.39. The summed E-state index contributed by atoms with van der Waals surface area (Å²) in [5, 5.41) is 32.7. The number of carbonyl (C=O) groups is 2. The Kier molecular flexibility index (Phi) is 8.47. The van der Waals surface area contributed by atoms with Gasteiger partial charge in [-0.15, -0.1) is 0 Å². The van der Waals surface area contributed by atoms with Crippen molar-refractivity contribution < 1.29 is 24.9 Å². The molecule has 1 saturated heterocycles. The summed E-state index contributed by atoms with van der Waals surface area (Å²) in [5.41, 5.74) is 4.35. The van der Waals surface area contributed by atoms with E-state index in [-0.39, 0.29) is 30.1 Å². The van der Waals surface area contributed by atoms with Crippen LogP contribution in [0.1, 0.15) is 44.4 Å². The number of rotatable bonds is 9. The molecular formula is C34H36N2O5. The van der Waals surface area contributed by atoms with Gasteiger partial charge in [0.05, 0.1) is 35.9 Å². The number of allylic oxidation sites excluding steroid dienone is 2. The third kappa shape index (κ3) is 5.60. The summed E-state index contributed by atoms with van der Waals surface area (Å²) in [5.74, 6) is -2.37. The first kappa shape index (κ1) is 28.5. The molecule has 3 N–H and O–H groups in total. The molecule has 0 radical (unpaired) electrons. The lowest BCUT2D eigenvalue weighted by Gasteiger charge is -2.38. The normalized spacial score (nSPS) is 21.9. The van der Waals surface area contributed by atoms with Gasteiger partial charge >= 0.3 is 0 Å². The van der Waals surface area contributed by atoms with Crippen molar-refractivity contribution >= 4 is 29.2 Å². The Morgan fingerprint density at radius 2 is 1.71 bits per heavy atom. The summed E-state index contributed by atoms with van der Waals surface area (Å²) in [6, 6.07) is 21.5. The number of phenolic OH excluding ortho intramolecular Hbond substituents is 1. The third-order valence-corrected chi connectivity index (χ3v) is 8.33. The minimum atomic E-state index is -0.935. The average Bonchev–Trinajstić information content (AvgIpc) is 3.24. The lowest BCUT2D eigenvalue weighted by molar-refractivity contribution is -0.123. The van der Waals surface area contributed by atoms with Gasteiger partial charge in [0, 0.05) is 17.7 Å². The number of nitrogens with zero attached hydrogens (tertiary/aromatic N) is 2. The second kappa shape index (κ2) is 12.2. The fraction of sp³-hybridized carbons (Fsp3) is 0.324. The molecular weight excluding hydrogens is 516 g/mol. The molecule has 1 fully saturated rings. The molecule has 4 atom stereocenters. The van der Waals surface area contributed by atoms with Crippen molar-refractivity contribution in [3.05, 3.63) is 101 Å². The van der Waals surface area contributed by atoms with Crippen LogP contribution in [0.5, 0.6) is 5.75 Å². The number of fused-ring (bicyclic) bond motifs is 1. The number of hydrogen-bond acceptors (Lipinski definition) is 6. The van der Waals surface area contributed by atoms with Crippen LogP contribution in [0.25, 0.3) is 11.6 Å². The van der Waals surface area contributed by atoms with Crippen molar-refractivity contribution in [3.63, 3.8) is 0 Å². The predicted octanol–water partition coefficient (Wildman–Crippen LogP) is 5.24. The smallest absolute Gasteiger partial charge is 0.238 e. The highest BCUT2D eigenvalue weighted by Gasteiger charge is 2.55. The molecule has 0 unspecified atom stereocenters. The zero-order valence-electron chi connectivity index (χ0n) is 23.4. The van der Waals surface area contributed by atoms with Crippen molar-refractivity contribution in [2.45, 2.75) is 39.2 Å². The number of aliphatic hydroxyl groups is 2. The van der Waals surface area contributed by atoms with Crippen LogP contribution in [0.2, 0.25) is 0 Å². The van der Waals surface area contributed by atoms with Crippen molar-refractivity contribution in [2.24, 2.45) is 23.7 Å². The van der Waals surface area contributed by atoms with Gasteiger partial charge in [0.1, 0.15) is 5.75 Å². The summed E-state index contributed by atoms with van der Waals surface area (Å²) >= 11 is 0. The van der Waals surface area contributed by atoms with Crippen molar-refractivity contribution in [1.82, 2.24) is 4.98 Å². The van der Waals surface area contributed by atoms with Gasteiger partial charge in [0.25, 0.3) is 0 Å². The number of para-hydroxylation sites is 2. The summed E-state index contributed by atoms with van der Waals surface area (Å²) in [7, 11) is 0. The van der Waals surface area contributed by atoms with E-state index in [9.17, 15) is 24.9 Å². The molecule has 0 saturated carbocycles. The lowest BCUT2D eigenvalue weighted by atomic mass is 9.66. The van der Waals surface area contributed by atoms with Gasteiger partial charge in [-0.25, -0.2) is 0 Å². The summed E-state index contributed by atoms with van der Waals surface area (Å²) < 4.78 is 0. The monoisotopic (exact) mass is 552 g/mol. The third-order valence-electron chi connectivity index (χ3n) is 8.33. The number of benzene rings is 2. The number of pyridine rings is 1. The fourth-order valence-corrected chi connectivity index (χ4v) is 6.35. The number of amides is 2. The zero-order valence-corrected chi connectivity index (χ0v) is 23.4. The van der Waals surface area contributed by atoms with Gasteiger partial charge in [-0.3, -0.25) is 19.5 Å². The fourth-order valence-electron chi connectivity index (χ4n) is 6.35. The molecule has 5 rings (SSSR count). The Hall–Kier alpha value is -4.07. The molecule has 0 spiro atoms. The number of aromatic nitrogens is 1. The first-order valence-electron chi connectivity index (χ1n) is 14.2. The van der Waals surface area contributed by atoms with E-state index in [0.29, 0.717) is 36.1 Å². The molecule has 0 bridgehead atoms. The molecule has 2 aromatic carbocycles. The molecule has 1 aliphatic heterocycles. The number of anilines is 1. The van der Waals surface area contributed by atoms with Crippen molar-refractivity contribution in [1.29, 1.82) is 0 Å². The van der Waals surface area contributed by atoms with Crippen LogP contribution in [0, 0.1) is 23.7 Å². The zero-order chi connectivity index (χ0) is 29.1. The molecule has 7 nitrogen and oxygen atoms in total. The quantitative estimate of drug-likeness (QED) is 0.247. The van der Waals surface area contributed by atoms with Gasteiger partial charge < -0.3 is 15.3 Å². The minimum Gasteiger partial charge on any atom is -0.507 e. The highest BCUT2D eigenvalue weighted by molar-refractivity contribution is 6.22. The average molecular weight is 553 g/mol. The Bertz CT molecular complexity index is 1460. The van der Waals surface area contributed by atoms with Crippen LogP contribution in [0.3, 0.4) is 0 Å². The number of hydrogen-bond donors (Lipinski definition) is 3. The first-order chi connectivity index (χ1) is 19.8. The Morgan fingerprint density at radius 1 is 1.00 bits per heavy atom. The van der Waals surface area contributed by atoms with E-state index in [1.807, 2.05) is 56.3 Å². The van der Waals surface area contributed by atoms with E-state index in [1.165, 1.54) is 4.90 Å². The summed E-state index contributed by atoms with van der Waals surface area (Å²) in [4.78, 5) is 33.0. The topological polar surface area (TPSA) is 111 Å². The van der Waals surface area contributed by atoms with E-state index in [2.05, 4.69) is 4.98 Å². The Balaban J connectivity index is 1.46. The van der Waals surface area contributed by atoms with E-state index in [4.69, 9.17) is 0 Å². The van der Waals surface area contributed by atoms with Crippen LogP contribution in [-0.4, -0.2) is 44.8 Å². The highest BCUT2D eigenvalue weighted by atomic mass is 16.3. The largest absolute Gasteiger partial charge is 0.507 e. The number of aliphatic hydroxyl groups excluding tert-OH is 2. The Labute approximate surface area is 240 Å². The standard InChI is InChI=1S/C34H36N2O5/c1-21(2)25-19-26-32(34(41)36(33(26)40)24-11-4-3-5-12-24)27(20-37)31(25)30(39)16-15-22(28-13-8-9-17-35-28)18-23-10-6-7-14-29(23)38/h3-14,17-18,21,26-27,30,32,37-39H,15-16,19-20H2,1-2H3/b22-18-/t26-,27+,30-,32-/m1/s1. The van der Waals surface area contributed by atoms with Gasteiger partial charge in [-0.2, -0.15) is 0 Å². The van der Waals surface area contributed by atoms with Crippen LogP contribution >= 0.6 is 0 Å². The van der Waals surface area contributed by atoms with Gasteiger partial charge in [-0.05, 0) is 72.7 Å². The number of phenols is 1. The van der Waals surface area contributed by atoms with E-state index >= 15 is 0 Å². The second-order valence-corrected chi connectivity index (χ2v) is 11.1. The van der Waals surface area contributed by atoms with Crippen LogP contribution in [-0.2, 0) is 9.59 Å². The summed E-state index contributed by atoms with van der Waals surface area (Å²) in [6.45, 7) is 3.70. The molecule has 212 valence electrons. The minimum absolute atomic E-state index is 0.0235. The van der Waals surface area contributed by atoms with Crippen LogP contribution in [0.4, 0.5) is 5.69 Å². The van der Waals surface area contributed by atoms with E-state index in [0.717, 1.165) is 16.8 Å². The van der Waals surface area contributed by atoms with Crippen LogP contribution < -0.4 is 4.90 Å². The maximum atomic E-state index is 13.7. The maximum absolute atomic E-state index is 13.7. The molecule has 3 aromatic rings. The van der Waals surface area contributed by atoms with E-state index < -0.39 is 23.9 Å². The Morgan fingerprint density at radius 3 is 2.37 bits per heavy atom. The van der Waals surface area contributed by atoms with Gasteiger partial charge in [-0.1, -0.05) is 61.9 Å². The second-order valence-electron chi connectivity index (χ2n) is 11.1. The van der Waals surface area contributed by atoms with Crippen LogP contribution in [0.15, 0.2) is 90.1 Å². The molecule has 2 heterocycles. The van der Waals surface area contributed by atoms with Crippen molar-refractivity contribution in [2.75, 3.05) is 11.5 Å². The number of carbonyl (C=O) groups excluding carboxylic acids is 2. The predicted molar refractivity (Wildman–Crippen MR) is 158 cm³/mol. The molecule has 2 aliphatic rings. The van der Waals surface area contributed by atoms with Gasteiger partial charge in [0.2, 0.25) is 11.8 Å². The number of imide groups is 1. The van der Waals surface area contributed by atoms with E-state index in [1.54, 1.807) is 42.6 Å². The number of aromatic hydroxyl groups is 1. The van der Waals surface area contributed by atoms with Gasteiger partial charge in [0.15, 0.2) is 0 Å².